The van der Waals surface area contributed by atoms with Gasteiger partial charge in [0.1, 0.15) is 5.82 Å². The fourth-order valence-electron chi connectivity index (χ4n) is 1.05. The predicted octanol–water partition coefficient (Wildman–Crippen LogP) is 1.57. The van der Waals surface area contributed by atoms with Crippen molar-refractivity contribution in [2.24, 2.45) is 0 Å². The molecule has 0 saturated heterocycles. The molecule has 2 N–H and O–H groups in total. The lowest BCUT2D eigenvalue weighted by atomic mass is 10.3. The number of halogens is 1. The highest BCUT2D eigenvalue weighted by atomic mass is 79.9. The highest BCUT2D eigenvalue weighted by molar-refractivity contribution is 9.10. The van der Waals surface area contributed by atoms with Crippen LogP contribution in [-0.4, -0.2) is 36.5 Å². The minimum Gasteiger partial charge on any atom is -0.394 e. The Labute approximate surface area is 97.8 Å². The van der Waals surface area contributed by atoms with Gasteiger partial charge in [-0.1, -0.05) is 0 Å². The summed E-state index contributed by atoms with van der Waals surface area (Å²) in [5.74, 6) is 0.836. The molecule has 1 rings (SSSR count). The van der Waals surface area contributed by atoms with Crippen molar-refractivity contribution in [1.82, 2.24) is 4.98 Å². The molecular formula is C10H15BrN2O2. The van der Waals surface area contributed by atoms with Gasteiger partial charge in [0, 0.05) is 17.2 Å². The summed E-state index contributed by atoms with van der Waals surface area (Å²) >= 11 is 3.39. The van der Waals surface area contributed by atoms with Crippen LogP contribution in [0.15, 0.2) is 16.7 Å². The molecule has 0 aliphatic carbocycles. The van der Waals surface area contributed by atoms with Gasteiger partial charge in [0.15, 0.2) is 0 Å². The molecule has 0 aliphatic rings. The minimum atomic E-state index is 0.0651. The average molecular weight is 275 g/mol. The van der Waals surface area contributed by atoms with Crippen LogP contribution in [0.1, 0.15) is 5.56 Å². The lowest BCUT2D eigenvalue weighted by Crippen LogP contribution is -2.12. The van der Waals surface area contributed by atoms with Gasteiger partial charge in [-0.3, -0.25) is 0 Å². The molecule has 0 spiro atoms. The van der Waals surface area contributed by atoms with Crippen molar-refractivity contribution in [2.75, 3.05) is 31.7 Å². The van der Waals surface area contributed by atoms with Gasteiger partial charge in [-0.25, -0.2) is 4.98 Å². The van der Waals surface area contributed by atoms with Gasteiger partial charge < -0.3 is 15.2 Å². The van der Waals surface area contributed by atoms with Crippen molar-refractivity contribution >= 4 is 21.7 Å². The van der Waals surface area contributed by atoms with Crippen molar-refractivity contribution in [3.8, 4) is 0 Å². The fraction of sp³-hybridized carbons (Fsp3) is 0.500. The lowest BCUT2D eigenvalue weighted by molar-refractivity contribution is 0.0992. The van der Waals surface area contributed by atoms with Crippen LogP contribution in [0.3, 0.4) is 0 Å². The van der Waals surface area contributed by atoms with E-state index in [-0.39, 0.29) is 6.61 Å². The van der Waals surface area contributed by atoms with E-state index in [2.05, 4.69) is 26.2 Å². The fourth-order valence-corrected chi connectivity index (χ4v) is 1.27. The Hall–Kier alpha value is -0.650. The van der Waals surface area contributed by atoms with Crippen molar-refractivity contribution in [2.45, 2.75) is 6.92 Å². The summed E-state index contributed by atoms with van der Waals surface area (Å²) in [7, 11) is 0. The van der Waals surface area contributed by atoms with Crippen molar-refractivity contribution in [3.63, 3.8) is 0 Å². The second kappa shape index (κ2) is 6.76. The smallest absolute Gasteiger partial charge is 0.126 e. The Balaban J connectivity index is 2.28. The van der Waals surface area contributed by atoms with Gasteiger partial charge in [0.25, 0.3) is 0 Å². The number of anilines is 1. The van der Waals surface area contributed by atoms with Crippen LogP contribution in [0.5, 0.6) is 0 Å². The molecule has 0 radical (unpaired) electrons. The highest BCUT2D eigenvalue weighted by Crippen LogP contribution is 2.16. The summed E-state index contributed by atoms with van der Waals surface area (Å²) < 4.78 is 6.11. The number of aromatic nitrogens is 1. The summed E-state index contributed by atoms with van der Waals surface area (Å²) in [6.45, 7) is 3.72. The second-order valence-electron chi connectivity index (χ2n) is 3.08. The third-order valence-electron chi connectivity index (χ3n) is 1.84. The molecule has 1 heterocycles. The summed E-state index contributed by atoms with van der Waals surface area (Å²) in [6.07, 6.45) is 1.77. The molecule has 1 aromatic heterocycles. The maximum absolute atomic E-state index is 8.49. The largest absolute Gasteiger partial charge is 0.394 e. The highest BCUT2D eigenvalue weighted by Gasteiger charge is 1.97. The number of aliphatic hydroxyl groups excluding tert-OH is 1. The summed E-state index contributed by atoms with van der Waals surface area (Å²) in [4.78, 5) is 4.19. The van der Waals surface area contributed by atoms with Crippen LogP contribution < -0.4 is 5.32 Å². The Morgan fingerprint density at radius 3 is 3.00 bits per heavy atom. The molecule has 4 nitrogen and oxygen atoms in total. The van der Waals surface area contributed by atoms with Gasteiger partial charge in [-0.15, -0.1) is 0 Å². The molecule has 0 bridgehead atoms. The van der Waals surface area contributed by atoms with Crippen LogP contribution in [-0.2, 0) is 4.74 Å². The zero-order valence-corrected chi connectivity index (χ0v) is 10.2. The third-order valence-corrected chi connectivity index (χ3v) is 2.67. The first-order valence-corrected chi connectivity index (χ1v) is 5.58. The van der Waals surface area contributed by atoms with Gasteiger partial charge in [-0.2, -0.15) is 0 Å². The second-order valence-corrected chi connectivity index (χ2v) is 3.94. The lowest BCUT2D eigenvalue weighted by Gasteiger charge is -2.07. The molecule has 0 unspecified atom stereocenters. The molecule has 84 valence electrons. The normalized spacial score (nSPS) is 10.3. The molecule has 0 saturated carbocycles. The molecule has 1 aromatic rings. The van der Waals surface area contributed by atoms with Gasteiger partial charge in [-0.05, 0) is 34.5 Å². The number of pyridine rings is 1. The van der Waals surface area contributed by atoms with E-state index >= 15 is 0 Å². The molecule has 15 heavy (non-hydrogen) atoms. The predicted molar refractivity (Wildman–Crippen MR) is 63.1 cm³/mol. The summed E-state index contributed by atoms with van der Waals surface area (Å²) in [6, 6.07) is 1.97. The van der Waals surface area contributed by atoms with E-state index in [9.17, 15) is 0 Å². The Morgan fingerprint density at radius 1 is 1.53 bits per heavy atom. The number of nitrogens with one attached hydrogen (secondary N) is 1. The zero-order valence-electron chi connectivity index (χ0n) is 8.66. The van der Waals surface area contributed by atoms with Gasteiger partial charge >= 0.3 is 0 Å². The first-order valence-electron chi connectivity index (χ1n) is 4.78. The standard InChI is InChI=1S/C10H15BrN2O2/c1-8-6-10(13-7-9(8)11)12-2-4-15-5-3-14/h6-7,14H,2-5H2,1H3,(H,12,13). The molecule has 0 amide bonds. The Morgan fingerprint density at radius 2 is 2.33 bits per heavy atom. The number of nitrogens with zero attached hydrogens (tertiary/aromatic N) is 1. The molecule has 0 atom stereocenters. The number of aliphatic hydroxyl groups is 1. The first kappa shape index (κ1) is 12.4. The Bertz CT molecular complexity index is 307. The van der Waals surface area contributed by atoms with Gasteiger partial charge in [0.2, 0.25) is 0 Å². The number of ether oxygens (including phenoxy) is 1. The molecule has 0 aliphatic heterocycles. The van der Waals surface area contributed by atoms with Crippen molar-refractivity contribution < 1.29 is 9.84 Å². The summed E-state index contributed by atoms with van der Waals surface area (Å²) in [5.41, 5.74) is 1.14. The van der Waals surface area contributed by atoms with Crippen LogP contribution in [0.4, 0.5) is 5.82 Å². The van der Waals surface area contributed by atoms with E-state index in [4.69, 9.17) is 9.84 Å². The van der Waals surface area contributed by atoms with Crippen molar-refractivity contribution in [1.29, 1.82) is 0 Å². The maximum Gasteiger partial charge on any atom is 0.126 e. The third kappa shape index (κ3) is 4.59. The van der Waals surface area contributed by atoms with Crippen molar-refractivity contribution in [3.05, 3.63) is 22.3 Å². The molecular weight excluding hydrogens is 260 g/mol. The SMILES string of the molecule is Cc1cc(NCCOCCO)ncc1Br. The maximum atomic E-state index is 8.49. The van der Waals surface area contributed by atoms with E-state index in [1.165, 1.54) is 0 Å². The number of aryl methyl sites for hydroxylation is 1. The number of rotatable bonds is 6. The number of hydrogen-bond acceptors (Lipinski definition) is 4. The minimum absolute atomic E-state index is 0.0651. The van der Waals surface area contributed by atoms with Crippen LogP contribution >= 0.6 is 15.9 Å². The Kier molecular flexibility index (Phi) is 5.60. The van der Waals surface area contributed by atoms with E-state index in [0.717, 1.165) is 15.9 Å². The topological polar surface area (TPSA) is 54.4 Å². The van der Waals surface area contributed by atoms with E-state index in [1.54, 1.807) is 6.20 Å². The molecule has 5 heteroatoms. The first-order chi connectivity index (χ1) is 7.24. The monoisotopic (exact) mass is 274 g/mol. The van der Waals surface area contributed by atoms with Crippen LogP contribution in [0, 0.1) is 6.92 Å². The van der Waals surface area contributed by atoms with Gasteiger partial charge in [0.05, 0.1) is 19.8 Å². The van der Waals surface area contributed by atoms with E-state index in [0.29, 0.717) is 19.8 Å². The van der Waals surface area contributed by atoms with Crippen LogP contribution in [0.2, 0.25) is 0 Å². The molecule has 0 aromatic carbocycles. The van der Waals surface area contributed by atoms with E-state index < -0.39 is 0 Å². The van der Waals surface area contributed by atoms with Crippen LogP contribution in [0.25, 0.3) is 0 Å². The quantitative estimate of drug-likeness (QED) is 0.774. The summed E-state index contributed by atoms with van der Waals surface area (Å²) in [5, 5.41) is 11.6. The average Bonchev–Trinajstić information content (AvgIpc) is 2.23. The molecule has 0 fully saturated rings. The van der Waals surface area contributed by atoms with E-state index in [1.807, 2.05) is 13.0 Å². The number of hydrogen-bond donors (Lipinski definition) is 2. The zero-order chi connectivity index (χ0) is 11.1.